The number of rotatable bonds is 4. The summed E-state index contributed by atoms with van der Waals surface area (Å²) in [6, 6.07) is 7.49. The van der Waals surface area contributed by atoms with Crippen LogP contribution >= 0.6 is 0 Å². The first-order valence-corrected chi connectivity index (χ1v) is 8.88. The number of anilines is 1. The van der Waals surface area contributed by atoms with Gasteiger partial charge in [-0.2, -0.15) is 0 Å². The molecule has 6 nitrogen and oxygen atoms in total. The lowest BCUT2D eigenvalue weighted by Gasteiger charge is -2.28. The largest absolute Gasteiger partial charge is 0.474 e. The van der Waals surface area contributed by atoms with E-state index in [1.165, 1.54) is 24.5 Å². The number of nitrogens with zero attached hydrogens (tertiary/aromatic N) is 2. The summed E-state index contributed by atoms with van der Waals surface area (Å²) in [5.41, 5.74) is 1.26. The number of ether oxygens (including phenoxy) is 1. The summed E-state index contributed by atoms with van der Waals surface area (Å²) < 4.78 is 24.5. The molecule has 0 saturated carbocycles. The molecule has 140 valence electrons. The van der Waals surface area contributed by atoms with E-state index in [2.05, 4.69) is 22.2 Å². The highest BCUT2D eigenvalue weighted by Crippen LogP contribution is 2.24. The number of fused-ring (bicyclic) bond motifs is 1. The number of carbonyl (C=O) groups excluding carboxylic acids is 1. The van der Waals surface area contributed by atoms with Crippen LogP contribution in [0.4, 0.5) is 10.1 Å². The third kappa shape index (κ3) is 3.93. The van der Waals surface area contributed by atoms with Crippen LogP contribution in [0, 0.1) is 5.82 Å². The zero-order valence-corrected chi connectivity index (χ0v) is 14.9. The summed E-state index contributed by atoms with van der Waals surface area (Å²) in [5, 5.41) is 3.38. The van der Waals surface area contributed by atoms with Crippen molar-refractivity contribution in [1.29, 1.82) is 0 Å². The van der Waals surface area contributed by atoms with Gasteiger partial charge < -0.3 is 19.4 Å². The van der Waals surface area contributed by atoms with Crippen molar-refractivity contribution in [3.63, 3.8) is 0 Å². The van der Waals surface area contributed by atoms with E-state index in [0.717, 1.165) is 25.9 Å². The lowest BCUT2D eigenvalue weighted by atomic mass is 10.1. The van der Waals surface area contributed by atoms with Gasteiger partial charge in [-0.3, -0.25) is 4.79 Å². The Bertz CT molecular complexity index is 964. The summed E-state index contributed by atoms with van der Waals surface area (Å²) in [6.45, 7) is 1.99. The molecule has 1 aliphatic heterocycles. The fourth-order valence-electron chi connectivity index (χ4n) is 3.20. The topological polar surface area (TPSA) is 67.6 Å². The molecule has 1 aromatic carbocycles. The molecule has 27 heavy (non-hydrogen) atoms. The van der Waals surface area contributed by atoms with Gasteiger partial charge in [-0.15, -0.1) is 0 Å². The summed E-state index contributed by atoms with van der Waals surface area (Å²) in [5.74, 6) is -0.257. The summed E-state index contributed by atoms with van der Waals surface area (Å²) >= 11 is 0. The number of aromatic nitrogens is 1. The number of piperidine rings is 1. The number of likely N-dealkylation sites (tertiary alicyclic amines) is 1. The number of hydrogen-bond acceptors (Lipinski definition) is 5. The molecule has 3 aromatic rings. The molecule has 3 heterocycles. The van der Waals surface area contributed by atoms with E-state index in [9.17, 15) is 9.18 Å². The van der Waals surface area contributed by atoms with Crippen LogP contribution in [-0.2, 0) is 0 Å². The van der Waals surface area contributed by atoms with Crippen molar-refractivity contribution in [3.05, 3.63) is 54.2 Å². The minimum atomic E-state index is -0.409. The van der Waals surface area contributed by atoms with Crippen molar-refractivity contribution in [3.8, 4) is 5.88 Å². The second-order valence-electron chi connectivity index (χ2n) is 6.75. The zero-order chi connectivity index (χ0) is 18.8. The van der Waals surface area contributed by atoms with Crippen LogP contribution in [0.2, 0.25) is 0 Å². The second kappa shape index (κ2) is 7.36. The molecule has 1 N–H and O–H groups in total. The second-order valence-corrected chi connectivity index (χ2v) is 6.75. The van der Waals surface area contributed by atoms with E-state index in [1.54, 1.807) is 18.3 Å². The van der Waals surface area contributed by atoms with Crippen molar-refractivity contribution in [2.24, 2.45) is 0 Å². The Morgan fingerprint density at radius 1 is 1.30 bits per heavy atom. The quantitative estimate of drug-likeness (QED) is 0.760. The number of pyridine rings is 1. The normalized spacial score (nSPS) is 15.8. The lowest BCUT2D eigenvalue weighted by Crippen LogP contribution is -2.35. The first-order chi connectivity index (χ1) is 13.1. The lowest BCUT2D eigenvalue weighted by molar-refractivity contribution is 0.102. The molecular formula is C20H20FN3O3. The Balaban J connectivity index is 1.46. The van der Waals surface area contributed by atoms with Crippen molar-refractivity contribution >= 4 is 22.6 Å². The van der Waals surface area contributed by atoms with Gasteiger partial charge in [-0.05, 0) is 38.1 Å². The van der Waals surface area contributed by atoms with Gasteiger partial charge in [-0.1, -0.05) is 0 Å². The van der Waals surface area contributed by atoms with Gasteiger partial charge >= 0.3 is 0 Å². The van der Waals surface area contributed by atoms with Crippen LogP contribution in [0.25, 0.3) is 11.0 Å². The maximum atomic E-state index is 13.3. The van der Waals surface area contributed by atoms with E-state index >= 15 is 0 Å². The van der Waals surface area contributed by atoms with Crippen LogP contribution in [-0.4, -0.2) is 42.0 Å². The monoisotopic (exact) mass is 369 g/mol. The van der Waals surface area contributed by atoms with E-state index in [1.807, 2.05) is 0 Å². The van der Waals surface area contributed by atoms with E-state index in [0.29, 0.717) is 28.1 Å². The molecule has 1 aliphatic rings. The predicted octanol–water partition coefficient (Wildman–Crippen LogP) is 3.69. The molecule has 0 unspecified atom stereocenters. The Kier molecular flexibility index (Phi) is 4.77. The Morgan fingerprint density at radius 3 is 2.93 bits per heavy atom. The number of nitrogens with one attached hydrogen (secondary N) is 1. The SMILES string of the molecule is CN1CCC(Oc2cc(NC(=O)c3coc4cc(F)ccc34)ccn2)CC1. The van der Waals surface area contributed by atoms with Gasteiger partial charge in [0.05, 0.1) is 5.56 Å². The number of amides is 1. The van der Waals surface area contributed by atoms with Gasteiger partial charge in [0, 0.05) is 42.5 Å². The van der Waals surface area contributed by atoms with Crippen molar-refractivity contribution < 1.29 is 18.3 Å². The number of halogens is 1. The van der Waals surface area contributed by atoms with E-state index < -0.39 is 5.82 Å². The molecule has 1 amide bonds. The average molecular weight is 369 g/mol. The minimum Gasteiger partial charge on any atom is -0.474 e. The molecule has 0 radical (unpaired) electrons. The van der Waals surface area contributed by atoms with Crippen LogP contribution in [0.3, 0.4) is 0 Å². The van der Waals surface area contributed by atoms with Crippen molar-refractivity contribution in [2.75, 3.05) is 25.5 Å². The van der Waals surface area contributed by atoms with Crippen LogP contribution in [0.15, 0.2) is 47.2 Å². The number of furan rings is 1. The fourth-order valence-corrected chi connectivity index (χ4v) is 3.20. The number of benzene rings is 1. The standard InChI is InChI=1S/C20H20FN3O3/c1-24-8-5-15(6-9-24)27-19-11-14(4-7-22-19)23-20(25)17-12-26-18-10-13(21)2-3-16(17)18/h2-4,7,10-12,15H,5-6,8-9H2,1H3,(H,22,23,25). The first kappa shape index (κ1) is 17.5. The van der Waals surface area contributed by atoms with Crippen molar-refractivity contribution in [1.82, 2.24) is 9.88 Å². The van der Waals surface area contributed by atoms with Crippen molar-refractivity contribution in [2.45, 2.75) is 18.9 Å². The Morgan fingerprint density at radius 2 is 2.11 bits per heavy atom. The highest BCUT2D eigenvalue weighted by atomic mass is 19.1. The van der Waals surface area contributed by atoms with E-state index in [-0.39, 0.29) is 12.0 Å². The van der Waals surface area contributed by atoms with Gasteiger partial charge in [0.2, 0.25) is 5.88 Å². The fraction of sp³-hybridized carbons (Fsp3) is 0.300. The molecule has 7 heteroatoms. The molecule has 1 saturated heterocycles. The van der Waals surface area contributed by atoms with E-state index in [4.69, 9.17) is 9.15 Å². The van der Waals surface area contributed by atoms with Gasteiger partial charge in [0.15, 0.2) is 0 Å². The minimum absolute atomic E-state index is 0.132. The molecule has 2 aromatic heterocycles. The third-order valence-corrected chi connectivity index (χ3v) is 4.73. The highest BCUT2D eigenvalue weighted by molar-refractivity contribution is 6.12. The Hall–Kier alpha value is -2.93. The summed E-state index contributed by atoms with van der Waals surface area (Å²) in [4.78, 5) is 19.1. The van der Waals surface area contributed by atoms with Crippen LogP contribution < -0.4 is 10.1 Å². The average Bonchev–Trinajstić information content (AvgIpc) is 3.07. The predicted molar refractivity (Wildman–Crippen MR) is 99.5 cm³/mol. The number of hydrogen-bond donors (Lipinski definition) is 1. The van der Waals surface area contributed by atoms with Gasteiger partial charge in [-0.25, -0.2) is 9.37 Å². The van der Waals surface area contributed by atoms with Gasteiger partial charge in [0.1, 0.15) is 23.8 Å². The maximum Gasteiger partial charge on any atom is 0.259 e. The maximum absolute atomic E-state index is 13.3. The highest BCUT2D eigenvalue weighted by Gasteiger charge is 2.19. The van der Waals surface area contributed by atoms with Crippen LogP contribution in [0.1, 0.15) is 23.2 Å². The molecule has 0 atom stereocenters. The molecule has 4 rings (SSSR count). The van der Waals surface area contributed by atoms with Crippen LogP contribution in [0.5, 0.6) is 5.88 Å². The molecule has 0 aliphatic carbocycles. The molecule has 0 bridgehead atoms. The molecule has 0 spiro atoms. The summed E-state index contributed by atoms with van der Waals surface area (Å²) in [7, 11) is 2.10. The zero-order valence-electron chi connectivity index (χ0n) is 14.9. The molecular weight excluding hydrogens is 349 g/mol. The Labute approximate surface area is 155 Å². The third-order valence-electron chi connectivity index (χ3n) is 4.73. The molecule has 1 fully saturated rings. The smallest absolute Gasteiger partial charge is 0.259 e. The summed E-state index contributed by atoms with van der Waals surface area (Å²) in [6.07, 6.45) is 4.96. The number of carbonyl (C=O) groups is 1. The first-order valence-electron chi connectivity index (χ1n) is 8.88. The van der Waals surface area contributed by atoms with Gasteiger partial charge in [0.25, 0.3) is 5.91 Å².